The van der Waals surface area contributed by atoms with Gasteiger partial charge in [-0.1, -0.05) is 80.1 Å². The maximum atomic E-state index is 14.0. The second kappa shape index (κ2) is 9.97. The molecule has 0 N–H and O–H groups in total. The molecule has 0 bridgehead atoms. The maximum Gasteiger partial charge on any atom is 0.416 e. The molecule has 0 spiro atoms. The van der Waals surface area contributed by atoms with Gasteiger partial charge in [0.15, 0.2) is 0 Å². The Hall–Kier alpha value is -2.54. The van der Waals surface area contributed by atoms with E-state index in [-0.39, 0.29) is 22.2 Å². The van der Waals surface area contributed by atoms with Crippen LogP contribution < -0.4 is 0 Å². The Bertz CT molecular complexity index is 1250. The minimum Gasteiger partial charge on any atom is -0.166 e. The monoisotopic (exact) mass is 534 g/mol. The number of benzene rings is 2. The van der Waals surface area contributed by atoms with E-state index in [2.05, 4.69) is 19.7 Å². The molecule has 0 aromatic heterocycles. The van der Waals surface area contributed by atoms with Crippen LogP contribution in [-0.4, -0.2) is 8.07 Å². The maximum absolute atomic E-state index is 14.0. The van der Waals surface area contributed by atoms with Crippen LogP contribution in [0, 0.1) is 0 Å². The third kappa shape index (κ3) is 4.99. The molecule has 2 aliphatic rings. The molecule has 198 valence electrons. The lowest BCUT2D eigenvalue weighted by molar-refractivity contribution is -0.138. The van der Waals surface area contributed by atoms with E-state index in [4.69, 9.17) is 0 Å². The van der Waals surface area contributed by atoms with Crippen LogP contribution >= 0.6 is 0 Å². The minimum atomic E-state index is -4.49. The zero-order valence-corrected chi connectivity index (χ0v) is 22.4. The highest BCUT2D eigenvalue weighted by atomic mass is 28.3. The first-order valence-corrected chi connectivity index (χ1v) is 15.9. The van der Waals surface area contributed by atoms with Crippen molar-refractivity contribution in [2.45, 2.75) is 75.6 Å². The summed E-state index contributed by atoms with van der Waals surface area (Å²) in [7, 11) is -2.64. The van der Waals surface area contributed by atoms with Gasteiger partial charge in [-0.25, -0.2) is 0 Å². The molecular formula is C30H32F6Si. The Morgan fingerprint density at radius 3 is 1.65 bits per heavy atom. The lowest BCUT2D eigenvalue weighted by Crippen LogP contribution is -2.43. The third-order valence-corrected chi connectivity index (χ3v) is 12.2. The van der Waals surface area contributed by atoms with Gasteiger partial charge in [0.25, 0.3) is 0 Å². The van der Waals surface area contributed by atoms with Crippen LogP contribution in [0.3, 0.4) is 0 Å². The van der Waals surface area contributed by atoms with Crippen molar-refractivity contribution in [1.82, 2.24) is 0 Å². The summed E-state index contributed by atoms with van der Waals surface area (Å²) < 4.78 is 83.7. The molecule has 2 unspecified atom stereocenters. The Morgan fingerprint density at radius 2 is 1.24 bits per heavy atom. The van der Waals surface area contributed by atoms with E-state index < -0.39 is 31.6 Å². The van der Waals surface area contributed by atoms with Gasteiger partial charge >= 0.3 is 12.4 Å². The topological polar surface area (TPSA) is 0 Å². The normalized spacial score (nSPS) is 19.4. The smallest absolute Gasteiger partial charge is 0.166 e. The molecule has 2 atom stereocenters. The summed E-state index contributed by atoms with van der Waals surface area (Å²) >= 11 is 0. The second-order valence-corrected chi connectivity index (χ2v) is 15.5. The van der Waals surface area contributed by atoms with Crippen molar-refractivity contribution in [2.24, 2.45) is 0 Å². The highest BCUT2D eigenvalue weighted by molar-refractivity contribution is 6.81. The molecule has 4 rings (SSSR count). The SMILES string of the molecule is C=CCCC1=Cc2c(cccc2C(F)(F)F)C1[Si](C)(C)C1C(CCCC)=Cc2c1cccc2C(F)(F)F. The quantitative estimate of drug-likeness (QED) is 0.180. The number of unbranched alkanes of at least 4 members (excludes halogenated alkanes) is 1. The van der Waals surface area contributed by atoms with Gasteiger partial charge in [-0.05, 0) is 60.1 Å². The van der Waals surface area contributed by atoms with E-state index in [0.29, 0.717) is 30.4 Å². The average Bonchev–Trinajstić information content (AvgIpc) is 3.38. The highest BCUT2D eigenvalue weighted by Crippen LogP contribution is 2.56. The average molecular weight is 535 g/mol. The molecule has 0 fully saturated rings. The van der Waals surface area contributed by atoms with Gasteiger partial charge in [-0.2, -0.15) is 26.3 Å². The first kappa shape index (κ1) is 27.5. The Balaban J connectivity index is 1.90. The molecule has 0 heterocycles. The minimum absolute atomic E-state index is 0.209. The summed E-state index contributed by atoms with van der Waals surface area (Å²) in [6, 6.07) is 8.73. The number of allylic oxidation sites excluding steroid dienone is 3. The second-order valence-electron chi connectivity index (χ2n) is 10.7. The summed E-state index contributed by atoms with van der Waals surface area (Å²) in [5, 5.41) is 0. The van der Waals surface area contributed by atoms with Crippen LogP contribution in [0.1, 0.15) is 83.5 Å². The van der Waals surface area contributed by atoms with Gasteiger partial charge < -0.3 is 0 Å². The van der Waals surface area contributed by atoms with Crippen LogP contribution in [0.15, 0.2) is 60.2 Å². The fourth-order valence-corrected chi connectivity index (χ4v) is 11.2. The van der Waals surface area contributed by atoms with Crippen molar-refractivity contribution in [3.8, 4) is 0 Å². The Labute approximate surface area is 215 Å². The molecular weight excluding hydrogens is 502 g/mol. The van der Waals surface area contributed by atoms with Gasteiger partial charge in [0.2, 0.25) is 0 Å². The van der Waals surface area contributed by atoms with Crippen molar-refractivity contribution in [3.63, 3.8) is 0 Å². The summed E-state index contributed by atoms with van der Waals surface area (Å²) in [6.07, 6.45) is -0.159. The number of hydrogen-bond donors (Lipinski definition) is 0. The first-order valence-electron chi connectivity index (χ1n) is 12.7. The van der Waals surface area contributed by atoms with Gasteiger partial charge in [0.05, 0.1) is 19.2 Å². The fourth-order valence-electron chi connectivity index (χ4n) is 6.43. The van der Waals surface area contributed by atoms with E-state index in [9.17, 15) is 26.3 Å². The van der Waals surface area contributed by atoms with Crippen LogP contribution in [0.5, 0.6) is 0 Å². The zero-order chi connectivity index (χ0) is 27.2. The molecule has 7 heteroatoms. The molecule has 37 heavy (non-hydrogen) atoms. The van der Waals surface area contributed by atoms with Crippen LogP contribution in [0.2, 0.25) is 13.1 Å². The van der Waals surface area contributed by atoms with E-state index >= 15 is 0 Å². The molecule has 2 aliphatic carbocycles. The Kier molecular flexibility index (Phi) is 7.41. The third-order valence-electron chi connectivity index (χ3n) is 7.86. The van der Waals surface area contributed by atoms with Gasteiger partial charge in [0.1, 0.15) is 0 Å². The number of rotatable bonds is 8. The zero-order valence-electron chi connectivity index (χ0n) is 21.4. The fraction of sp³-hybridized carbons (Fsp3) is 0.400. The van der Waals surface area contributed by atoms with Crippen LogP contribution in [0.25, 0.3) is 12.2 Å². The summed E-state index contributed by atoms with van der Waals surface area (Å²) in [6.45, 7) is 10.1. The van der Waals surface area contributed by atoms with Gasteiger partial charge in [0, 0.05) is 11.1 Å². The highest BCUT2D eigenvalue weighted by Gasteiger charge is 2.50. The van der Waals surface area contributed by atoms with E-state index in [0.717, 1.165) is 36.1 Å². The van der Waals surface area contributed by atoms with Crippen molar-refractivity contribution >= 4 is 20.2 Å². The summed E-state index contributed by atoms with van der Waals surface area (Å²) in [5.41, 5.74) is 1.93. The molecule has 0 radical (unpaired) electrons. The van der Waals surface area contributed by atoms with Crippen molar-refractivity contribution in [1.29, 1.82) is 0 Å². The first-order chi connectivity index (χ1) is 17.3. The van der Waals surface area contributed by atoms with Gasteiger partial charge in [-0.3, -0.25) is 0 Å². The van der Waals surface area contributed by atoms with E-state index in [1.807, 2.05) is 6.92 Å². The lowest BCUT2D eigenvalue weighted by atomic mass is 10.0. The lowest BCUT2D eigenvalue weighted by Gasteiger charge is -2.40. The van der Waals surface area contributed by atoms with Crippen LogP contribution in [0.4, 0.5) is 26.3 Å². The number of fused-ring (bicyclic) bond motifs is 2. The van der Waals surface area contributed by atoms with Gasteiger partial charge in [-0.15, -0.1) is 6.58 Å². The predicted molar refractivity (Wildman–Crippen MR) is 141 cm³/mol. The van der Waals surface area contributed by atoms with Crippen molar-refractivity contribution < 1.29 is 26.3 Å². The summed E-state index contributed by atoms with van der Waals surface area (Å²) in [4.78, 5) is 0. The molecule has 0 saturated carbocycles. The number of alkyl halides is 6. The molecule has 0 saturated heterocycles. The van der Waals surface area contributed by atoms with Crippen LogP contribution in [-0.2, 0) is 12.4 Å². The number of hydrogen-bond acceptors (Lipinski definition) is 0. The van der Waals surface area contributed by atoms with E-state index in [1.54, 1.807) is 30.4 Å². The molecule has 0 aliphatic heterocycles. The van der Waals surface area contributed by atoms with Crippen molar-refractivity contribution in [3.05, 3.63) is 93.6 Å². The number of halogens is 6. The molecule has 0 amide bonds. The van der Waals surface area contributed by atoms with Crippen molar-refractivity contribution in [2.75, 3.05) is 0 Å². The molecule has 2 aromatic rings. The molecule has 2 aromatic carbocycles. The molecule has 0 nitrogen and oxygen atoms in total. The predicted octanol–water partition coefficient (Wildman–Crippen LogP) is 10.3. The Morgan fingerprint density at radius 1 is 0.784 bits per heavy atom. The largest absolute Gasteiger partial charge is 0.416 e. The van der Waals surface area contributed by atoms with E-state index in [1.165, 1.54) is 12.1 Å². The standard InChI is InChI=1S/C30H32F6Si/c1-5-7-11-19-17-23-21(13-9-15-25(23)29(31,32)33)27(19)37(3,4)28-20(12-8-6-2)18-24-22(28)14-10-16-26(24)30(34,35)36/h5,9-10,13-18,27-28H,1,6-8,11-12H2,2-4H3. The summed E-state index contributed by atoms with van der Waals surface area (Å²) in [5.74, 6) is 0.